The number of carbonyl (C=O) groups excluding carboxylic acids is 2. The maximum Gasteiger partial charge on any atom is 0.252 e. The molecule has 3 aliphatic rings. The van der Waals surface area contributed by atoms with Gasteiger partial charge in [0.05, 0.1) is 12.2 Å². The van der Waals surface area contributed by atoms with Gasteiger partial charge in [-0.05, 0) is 52.0 Å². The Morgan fingerprint density at radius 3 is 2.25 bits per heavy atom. The van der Waals surface area contributed by atoms with Crippen molar-refractivity contribution < 1.29 is 38.5 Å². The average molecular weight is 452 g/mol. The lowest BCUT2D eigenvalue weighted by atomic mass is 9.98. The zero-order valence-corrected chi connectivity index (χ0v) is 18.1. The fourth-order valence-electron chi connectivity index (χ4n) is 3.97. The monoisotopic (exact) mass is 452 g/mol. The normalized spacial score (nSPS) is 32.0. The summed E-state index contributed by atoms with van der Waals surface area (Å²) in [5.74, 6) is -2.90. The van der Waals surface area contributed by atoms with E-state index < -0.39 is 54.1 Å². The fourth-order valence-corrected chi connectivity index (χ4v) is 3.97. The number of fused-ring (bicyclic) bond motifs is 3. The maximum atomic E-state index is 12.9. The number of ether oxygens (including phenoxy) is 5. The molecular formula is C20H26N3O9-. The van der Waals surface area contributed by atoms with Crippen LogP contribution in [0.15, 0.2) is 24.3 Å². The minimum Gasteiger partial charge on any atom is -0.733 e. The highest BCUT2D eigenvalue weighted by atomic mass is 16.9. The highest BCUT2D eigenvalue weighted by Gasteiger charge is 2.62. The van der Waals surface area contributed by atoms with Crippen molar-refractivity contribution in [3.63, 3.8) is 0 Å². The van der Waals surface area contributed by atoms with Gasteiger partial charge < -0.3 is 44.8 Å². The number of nitrogens with one attached hydrogen (secondary N) is 2. The fraction of sp³-hybridized carbons (Fsp3) is 0.600. The average Bonchev–Trinajstić information content (AvgIpc) is 3.19. The summed E-state index contributed by atoms with van der Waals surface area (Å²) >= 11 is 0. The van der Waals surface area contributed by atoms with Gasteiger partial charge in [0, 0.05) is 5.69 Å². The number of benzene rings is 1. The van der Waals surface area contributed by atoms with Crippen molar-refractivity contribution in [1.29, 1.82) is 0 Å². The zero-order chi connectivity index (χ0) is 23.3. The van der Waals surface area contributed by atoms with Crippen LogP contribution in [0.5, 0.6) is 0 Å². The van der Waals surface area contributed by atoms with Crippen molar-refractivity contribution in [2.24, 2.45) is 0 Å². The molecule has 3 N–H and O–H groups in total. The van der Waals surface area contributed by atoms with Crippen LogP contribution in [0.4, 0.5) is 11.4 Å². The van der Waals surface area contributed by atoms with Gasteiger partial charge in [-0.15, -0.1) is 0 Å². The number of hydrogen-bond donors (Lipinski definition) is 3. The van der Waals surface area contributed by atoms with Crippen LogP contribution in [0.25, 0.3) is 0 Å². The van der Waals surface area contributed by atoms with Crippen LogP contribution in [0, 0.1) is 5.21 Å². The lowest BCUT2D eigenvalue weighted by Gasteiger charge is -2.36. The van der Waals surface area contributed by atoms with E-state index in [-0.39, 0.29) is 17.5 Å². The Morgan fingerprint density at radius 2 is 1.59 bits per heavy atom. The maximum absolute atomic E-state index is 12.9. The van der Waals surface area contributed by atoms with Gasteiger partial charge >= 0.3 is 0 Å². The first-order chi connectivity index (χ1) is 14.9. The second-order valence-corrected chi connectivity index (χ2v) is 8.68. The molecule has 32 heavy (non-hydrogen) atoms. The number of amides is 2. The molecule has 0 aromatic heterocycles. The number of carbonyl (C=O) groups is 2. The van der Waals surface area contributed by atoms with Gasteiger partial charge in [-0.2, -0.15) is 0 Å². The predicted octanol–water partition coefficient (Wildman–Crippen LogP) is 0.831. The third kappa shape index (κ3) is 4.71. The molecule has 0 radical (unpaired) electrons. The Labute approximate surface area is 184 Å². The van der Waals surface area contributed by atoms with E-state index in [9.17, 15) is 14.8 Å². The summed E-state index contributed by atoms with van der Waals surface area (Å²) in [6.07, 6.45) is -3.77. The largest absolute Gasteiger partial charge is 0.733 e. The summed E-state index contributed by atoms with van der Waals surface area (Å²) in [5.41, 5.74) is 0.404. The van der Waals surface area contributed by atoms with Crippen molar-refractivity contribution in [2.75, 3.05) is 17.1 Å². The molecule has 3 aliphatic heterocycles. The molecular weight excluding hydrogens is 426 g/mol. The summed E-state index contributed by atoms with van der Waals surface area (Å²) in [5, 5.41) is 24.5. The second kappa shape index (κ2) is 8.23. The highest BCUT2D eigenvalue weighted by Crippen LogP contribution is 2.44. The molecule has 0 aliphatic carbocycles. The summed E-state index contributed by atoms with van der Waals surface area (Å²) in [6, 6.07) is 5.54. The standard InChI is InChI=1S/C20H26N3O9/c1-19(2)29-13-14(30-19)16-18(32-20(3,4)31-16)28-15(13)17(25)21-9-12(24)22-10-5-7-11(8-6-10)23(26)27/h5-8,13-16,18,26H,9H2,1-4H3,(H,21,25)(H,22,24)/q-1/t13-,14-,15-,16-,18+/m1/s1. The van der Waals surface area contributed by atoms with E-state index in [1.165, 1.54) is 24.3 Å². The smallest absolute Gasteiger partial charge is 0.252 e. The second-order valence-electron chi connectivity index (χ2n) is 8.68. The van der Waals surface area contributed by atoms with Crippen molar-refractivity contribution in [3.8, 4) is 0 Å². The van der Waals surface area contributed by atoms with E-state index in [1.807, 2.05) is 0 Å². The van der Waals surface area contributed by atoms with E-state index >= 15 is 0 Å². The molecule has 1 aromatic rings. The molecule has 0 bridgehead atoms. The number of hydrogen-bond acceptors (Lipinski definition) is 10. The van der Waals surface area contributed by atoms with Gasteiger partial charge in [-0.1, -0.05) is 0 Å². The van der Waals surface area contributed by atoms with Crippen molar-refractivity contribution in [1.82, 2.24) is 5.32 Å². The van der Waals surface area contributed by atoms with Crippen LogP contribution in [0.3, 0.4) is 0 Å². The topological polar surface area (TPSA) is 151 Å². The number of rotatable bonds is 5. The molecule has 4 rings (SSSR count). The SMILES string of the molecule is CC1(C)O[C@@H]2[C@@H](O1)[C@H](C(=O)NCC(=O)Nc1ccc(N([O-])O)cc1)O[C@H]1OC(C)(C)O[C@@H]12. The quantitative estimate of drug-likeness (QED) is 0.548. The molecule has 5 atom stereocenters. The summed E-state index contributed by atoms with van der Waals surface area (Å²) in [4.78, 5) is 25.1. The first-order valence-corrected chi connectivity index (χ1v) is 10.1. The van der Waals surface area contributed by atoms with E-state index in [1.54, 1.807) is 27.7 Å². The van der Waals surface area contributed by atoms with Crippen LogP contribution in [0.2, 0.25) is 0 Å². The molecule has 12 nitrogen and oxygen atoms in total. The Bertz CT molecular complexity index is 874. The molecule has 0 spiro atoms. The molecule has 1 aromatic carbocycles. The number of anilines is 2. The molecule has 0 unspecified atom stereocenters. The molecule has 3 fully saturated rings. The molecule has 3 heterocycles. The zero-order valence-electron chi connectivity index (χ0n) is 18.1. The minimum absolute atomic E-state index is 0.0154. The van der Waals surface area contributed by atoms with Gasteiger partial charge in [0.1, 0.15) is 18.3 Å². The van der Waals surface area contributed by atoms with Crippen LogP contribution in [0.1, 0.15) is 27.7 Å². The summed E-state index contributed by atoms with van der Waals surface area (Å²) in [6.45, 7) is 6.62. The van der Waals surface area contributed by atoms with E-state index in [0.717, 1.165) is 0 Å². The Kier molecular flexibility index (Phi) is 5.88. The van der Waals surface area contributed by atoms with Gasteiger partial charge in [0.2, 0.25) is 5.91 Å². The van der Waals surface area contributed by atoms with Crippen LogP contribution < -0.4 is 15.9 Å². The molecule has 2 amide bonds. The van der Waals surface area contributed by atoms with Gasteiger partial charge in [-0.3, -0.25) is 14.8 Å². The van der Waals surface area contributed by atoms with Gasteiger partial charge in [0.25, 0.3) is 5.91 Å². The Balaban J connectivity index is 1.37. The third-order valence-corrected chi connectivity index (χ3v) is 5.21. The van der Waals surface area contributed by atoms with E-state index in [2.05, 4.69) is 10.6 Å². The third-order valence-electron chi connectivity index (χ3n) is 5.21. The molecule has 0 saturated carbocycles. The summed E-state index contributed by atoms with van der Waals surface area (Å²) in [7, 11) is 0. The first kappa shape index (κ1) is 22.9. The lowest BCUT2D eigenvalue weighted by Crippen LogP contribution is -2.59. The Morgan fingerprint density at radius 1 is 1.00 bits per heavy atom. The predicted molar refractivity (Wildman–Crippen MR) is 108 cm³/mol. The number of nitrogens with zero attached hydrogens (tertiary/aromatic N) is 1. The Hall–Kier alpha value is -2.32. The van der Waals surface area contributed by atoms with Crippen LogP contribution in [-0.2, 0) is 33.3 Å². The van der Waals surface area contributed by atoms with Crippen LogP contribution in [-0.4, -0.2) is 65.8 Å². The van der Waals surface area contributed by atoms with E-state index in [0.29, 0.717) is 5.69 Å². The highest BCUT2D eigenvalue weighted by molar-refractivity contribution is 5.95. The molecule has 3 saturated heterocycles. The minimum atomic E-state index is -1.07. The molecule has 12 heteroatoms. The molecule has 176 valence electrons. The van der Waals surface area contributed by atoms with Crippen molar-refractivity contribution in [3.05, 3.63) is 29.5 Å². The first-order valence-electron chi connectivity index (χ1n) is 10.1. The summed E-state index contributed by atoms with van der Waals surface area (Å²) < 4.78 is 29.4. The van der Waals surface area contributed by atoms with Gasteiger partial charge in [0.15, 0.2) is 24.0 Å². The van der Waals surface area contributed by atoms with Gasteiger partial charge in [-0.25, -0.2) is 0 Å². The van der Waals surface area contributed by atoms with Crippen LogP contribution >= 0.6 is 0 Å². The lowest BCUT2D eigenvalue weighted by molar-refractivity contribution is -0.231. The van der Waals surface area contributed by atoms with Crippen molar-refractivity contribution >= 4 is 23.2 Å². The van der Waals surface area contributed by atoms with E-state index in [4.69, 9.17) is 28.9 Å². The van der Waals surface area contributed by atoms with Crippen molar-refractivity contribution in [2.45, 2.75) is 70.0 Å².